The van der Waals surface area contributed by atoms with Crippen molar-refractivity contribution in [3.63, 3.8) is 0 Å². The number of nitrogens with zero attached hydrogens (tertiary/aromatic N) is 3. The summed E-state index contributed by atoms with van der Waals surface area (Å²) in [6.45, 7) is 1.90. The molecule has 0 aliphatic carbocycles. The van der Waals surface area contributed by atoms with E-state index in [4.69, 9.17) is 0 Å². The number of benzene rings is 1. The Labute approximate surface area is 109 Å². The van der Waals surface area contributed by atoms with Crippen molar-refractivity contribution < 1.29 is 4.39 Å². The van der Waals surface area contributed by atoms with Crippen molar-refractivity contribution in [1.29, 1.82) is 0 Å². The van der Waals surface area contributed by atoms with E-state index in [1.165, 1.54) is 6.07 Å². The lowest BCUT2D eigenvalue weighted by Gasteiger charge is -1.97. The van der Waals surface area contributed by atoms with E-state index in [1.807, 2.05) is 25.1 Å². The van der Waals surface area contributed by atoms with Gasteiger partial charge in [0.25, 0.3) is 0 Å². The van der Waals surface area contributed by atoms with Crippen molar-refractivity contribution in [2.45, 2.75) is 6.92 Å². The summed E-state index contributed by atoms with van der Waals surface area (Å²) in [5.74, 6) is 0.528. The maximum Gasteiger partial charge on any atom is 0.200 e. The third-order valence-corrected chi connectivity index (χ3v) is 2.73. The Kier molecular flexibility index (Phi) is 2.79. The molecular weight excluding hydrogens is 243 g/mol. The molecule has 0 amide bonds. The van der Waals surface area contributed by atoms with Crippen molar-refractivity contribution in [2.24, 2.45) is 0 Å². The van der Waals surface area contributed by atoms with Gasteiger partial charge < -0.3 is 0 Å². The van der Waals surface area contributed by atoms with E-state index in [-0.39, 0.29) is 5.82 Å². The molecule has 0 spiro atoms. The van der Waals surface area contributed by atoms with Gasteiger partial charge in [0, 0.05) is 5.69 Å². The normalized spacial score (nSPS) is 10.6. The van der Waals surface area contributed by atoms with Crippen molar-refractivity contribution in [3.05, 3.63) is 54.0 Å². The second kappa shape index (κ2) is 4.61. The first-order chi connectivity index (χ1) is 9.24. The van der Waals surface area contributed by atoms with E-state index in [2.05, 4.69) is 20.2 Å². The van der Waals surface area contributed by atoms with E-state index in [9.17, 15) is 4.39 Å². The zero-order valence-electron chi connectivity index (χ0n) is 10.3. The van der Waals surface area contributed by atoms with Crippen LogP contribution in [0, 0.1) is 12.7 Å². The third-order valence-electron chi connectivity index (χ3n) is 2.73. The molecule has 2 aromatic heterocycles. The molecule has 0 bridgehead atoms. The van der Waals surface area contributed by atoms with Gasteiger partial charge in [-0.3, -0.25) is 5.10 Å². The monoisotopic (exact) mass is 254 g/mol. The number of hydrogen-bond acceptors (Lipinski definition) is 3. The minimum atomic E-state index is -0.331. The molecule has 0 unspecified atom stereocenters. The molecule has 0 fully saturated rings. The molecule has 0 aliphatic heterocycles. The molecule has 5 heteroatoms. The first-order valence-corrected chi connectivity index (χ1v) is 5.85. The zero-order chi connectivity index (χ0) is 13.2. The fraction of sp³-hybridized carbons (Fsp3) is 0.0714. The molecule has 3 aromatic rings. The lowest BCUT2D eigenvalue weighted by Crippen LogP contribution is -1.88. The lowest BCUT2D eigenvalue weighted by molar-refractivity contribution is 0.630. The fourth-order valence-corrected chi connectivity index (χ4v) is 1.82. The molecule has 0 radical (unpaired) electrons. The molecule has 2 heterocycles. The molecule has 3 rings (SSSR count). The molecule has 4 nitrogen and oxygen atoms in total. The number of aryl methyl sites for hydroxylation is 1. The highest BCUT2D eigenvalue weighted by Crippen LogP contribution is 2.21. The average molecular weight is 254 g/mol. The zero-order valence-corrected chi connectivity index (χ0v) is 10.3. The number of nitrogens with one attached hydrogen (secondary N) is 1. The fourth-order valence-electron chi connectivity index (χ4n) is 1.82. The van der Waals surface area contributed by atoms with Crippen LogP contribution in [0.4, 0.5) is 4.39 Å². The number of halogens is 1. The Bertz CT molecular complexity index is 721. The molecule has 94 valence electrons. The van der Waals surface area contributed by atoms with Gasteiger partial charge in [-0.1, -0.05) is 18.2 Å². The highest BCUT2D eigenvalue weighted by molar-refractivity contribution is 5.59. The van der Waals surface area contributed by atoms with Gasteiger partial charge in [0.2, 0.25) is 0 Å². The van der Waals surface area contributed by atoms with Crippen LogP contribution >= 0.6 is 0 Å². The minimum absolute atomic E-state index is 0.331. The van der Waals surface area contributed by atoms with Crippen LogP contribution in [0.1, 0.15) is 5.69 Å². The van der Waals surface area contributed by atoms with E-state index < -0.39 is 0 Å². The maximum absolute atomic E-state index is 13.6. The summed E-state index contributed by atoms with van der Waals surface area (Å²) in [5.41, 5.74) is 1.95. The Morgan fingerprint density at radius 3 is 2.63 bits per heavy atom. The summed E-state index contributed by atoms with van der Waals surface area (Å²) in [6.07, 6.45) is 0. The van der Waals surface area contributed by atoms with Crippen LogP contribution in [0.25, 0.3) is 22.9 Å². The Morgan fingerprint density at radius 1 is 1.00 bits per heavy atom. The van der Waals surface area contributed by atoms with Crippen molar-refractivity contribution >= 4 is 0 Å². The molecule has 1 N–H and O–H groups in total. The predicted molar refractivity (Wildman–Crippen MR) is 69.7 cm³/mol. The van der Waals surface area contributed by atoms with Gasteiger partial charge in [0.15, 0.2) is 11.6 Å². The van der Waals surface area contributed by atoms with E-state index in [1.54, 1.807) is 18.2 Å². The summed E-state index contributed by atoms with van der Waals surface area (Å²) in [6, 6.07) is 12.0. The van der Waals surface area contributed by atoms with Crippen LogP contribution in [-0.4, -0.2) is 20.2 Å². The largest absolute Gasteiger partial charge is 0.259 e. The van der Waals surface area contributed by atoms with Crippen LogP contribution in [-0.2, 0) is 0 Å². The standard InChI is InChI=1S/C14H11FN4/c1-9-5-4-8-12(16-9)14-17-13(18-19-14)10-6-2-3-7-11(10)15/h2-8H,1H3,(H,17,18,19). The molecule has 0 aliphatic rings. The predicted octanol–water partition coefficient (Wildman–Crippen LogP) is 2.98. The number of aromatic nitrogens is 4. The SMILES string of the molecule is Cc1cccc(-c2n[nH]c(-c3ccccc3F)n2)n1. The number of hydrogen-bond donors (Lipinski definition) is 1. The summed E-state index contributed by atoms with van der Waals surface area (Å²) in [5, 5.41) is 6.82. The van der Waals surface area contributed by atoms with Gasteiger partial charge in [-0.15, -0.1) is 0 Å². The highest BCUT2D eigenvalue weighted by atomic mass is 19.1. The van der Waals surface area contributed by atoms with Gasteiger partial charge in [-0.05, 0) is 31.2 Å². The number of pyridine rings is 1. The van der Waals surface area contributed by atoms with E-state index >= 15 is 0 Å². The Balaban J connectivity index is 2.03. The number of H-pyrrole nitrogens is 1. The summed E-state index contributed by atoms with van der Waals surface area (Å²) in [4.78, 5) is 8.62. The van der Waals surface area contributed by atoms with Crippen LogP contribution in [0.2, 0.25) is 0 Å². The van der Waals surface area contributed by atoms with Gasteiger partial charge in [-0.25, -0.2) is 14.4 Å². The Morgan fingerprint density at radius 2 is 1.84 bits per heavy atom. The average Bonchev–Trinajstić information content (AvgIpc) is 2.89. The van der Waals surface area contributed by atoms with Gasteiger partial charge in [-0.2, -0.15) is 5.10 Å². The van der Waals surface area contributed by atoms with Gasteiger partial charge in [0.05, 0.1) is 5.56 Å². The van der Waals surface area contributed by atoms with Crippen molar-refractivity contribution in [3.8, 4) is 22.9 Å². The molecule has 0 saturated carbocycles. The Hall–Kier alpha value is -2.56. The summed E-state index contributed by atoms with van der Waals surface area (Å²) >= 11 is 0. The first-order valence-electron chi connectivity index (χ1n) is 5.85. The molecular formula is C14H11FN4. The van der Waals surface area contributed by atoms with Crippen LogP contribution < -0.4 is 0 Å². The van der Waals surface area contributed by atoms with Crippen LogP contribution in [0.3, 0.4) is 0 Å². The van der Waals surface area contributed by atoms with Crippen molar-refractivity contribution in [1.82, 2.24) is 20.2 Å². The number of aromatic amines is 1. The summed E-state index contributed by atoms with van der Waals surface area (Å²) in [7, 11) is 0. The van der Waals surface area contributed by atoms with Crippen LogP contribution in [0.15, 0.2) is 42.5 Å². The highest BCUT2D eigenvalue weighted by Gasteiger charge is 2.11. The second-order valence-corrected chi connectivity index (χ2v) is 4.15. The molecule has 19 heavy (non-hydrogen) atoms. The van der Waals surface area contributed by atoms with Crippen LogP contribution in [0.5, 0.6) is 0 Å². The lowest BCUT2D eigenvalue weighted by atomic mass is 10.2. The number of rotatable bonds is 2. The van der Waals surface area contributed by atoms with Gasteiger partial charge in [0.1, 0.15) is 11.5 Å². The van der Waals surface area contributed by atoms with Gasteiger partial charge >= 0.3 is 0 Å². The maximum atomic E-state index is 13.6. The summed E-state index contributed by atoms with van der Waals surface area (Å²) < 4.78 is 13.6. The van der Waals surface area contributed by atoms with Crippen molar-refractivity contribution in [2.75, 3.05) is 0 Å². The first kappa shape index (κ1) is 11.5. The third kappa shape index (κ3) is 2.22. The topological polar surface area (TPSA) is 54.5 Å². The molecule has 1 aromatic carbocycles. The second-order valence-electron chi connectivity index (χ2n) is 4.15. The van der Waals surface area contributed by atoms with E-state index in [0.717, 1.165) is 5.69 Å². The quantitative estimate of drug-likeness (QED) is 0.764. The molecule has 0 saturated heterocycles. The minimum Gasteiger partial charge on any atom is -0.259 e. The molecule has 0 atom stereocenters. The smallest absolute Gasteiger partial charge is 0.200 e. The van der Waals surface area contributed by atoms with E-state index in [0.29, 0.717) is 22.9 Å².